The lowest BCUT2D eigenvalue weighted by atomic mass is 10.1. The molecule has 1 atom stereocenters. The Balaban J connectivity index is 2.23. The van der Waals surface area contributed by atoms with E-state index in [9.17, 15) is 21.6 Å². The number of imidazole rings is 1. The Morgan fingerprint density at radius 1 is 1.33 bits per heavy atom. The summed E-state index contributed by atoms with van der Waals surface area (Å²) in [6.07, 6.45) is -2.16. The number of aromatic nitrogens is 2. The van der Waals surface area contributed by atoms with E-state index in [1.807, 2.05) is 0 Å². The molecule has 2 N–H and O–H groups in total. The van der Waals surface area contributed by atoms with Gasteiger partial charge >= 0.3 is 6.18 Å². The fourth-order valence-corrected chi connectivity index (χ4v) is 2.87. The molecule has 0 saturated heterocycles. The van der Waals surface area contributed by atoms with Gasteiger partial charge in [-0.1, -0.05) is 12.1 Å². The first-order valence-corrected chi connectivity index (χ1v) is 7.36. The predicted octanol–water partition coefficient (Wildman–Crippen LogP) is 2.47. The van der Waals surface area contributed by atoms with Crippen LogP contribution in [0, 0.1) is 0 Å². The summed E-state index contributed by atoms with van der Waals surface area (Å²) in [6.45, 7) is 1.46. The second kappa shape index (κ2) is 5.49. The van der Waals surface area contributed by atoms with Crippen LogP contribution in [-0.4, -0.2) is 18.4 Å². The third kappa shape index (κ3) is 3.61. The summed E-state index contributed by atoms with van der Waals surface area (Å²) in [5.41, 5.74) is -0.611. The molecule has 0 aliphatic rings. The van der Waals surface area contributed by atoms with Crippen molar-refractivity contribution in [2.45, 2.75) is 24.2 Å². The minimum absolute atomic E-state index is 0.152. The highest BCUT2D eigenvalue weighted by atomic mass is 32.2. The van der Waals surface area contributed by atoms with E-state index < -0.39 is 27.8 Å². The minimum Gasteiger partial charge on any atom is -0.335 e. The minimum atomic E-state index is -4.47. The number of sulfonamides is 1. The molecule has 1 heterocycles. The van der Waals surface area contributed by atoms with Crippen molar-refractivity contribution in [3.05, 3.63) is 47.9 Å². The van der Waals surface area contributed by atoms with Gasteiger partial charge in [-0.3, -0.25) is 0 Å². The molecule has 0 aliphatic carbocycles. The third-order valence-electron chi connectivity index (χ3n) is 2.81. The molecule has 21 heavy (non-hydrogen) atoms. The van der Waals surface area contributed by atoms with E-state index in [4.69, 9.17) is 0 Å². The van der Waals surface area contributed by atoms with Crippen LogP contribution in [0.2, 0.25) is 0 Å². The van der Waals surface area contributed by atoms with Crippen molar-refractivity contribution in [2.75, 3.05) is 0 Å². The molecule has 114 valence electrons. The third-order valence-corrected chi connectivity index (χ3v) is 4.27. The van der Waals surface area contributed by atoms with Crippen LogP contribution in [-0.2, 0) is 16.2 Å². The van der Waals surface area contributed by atoms with Crippen LogP contribution < -0.4 is 4.72 Å². The number of H-pyrrole nitrogens is 1. The van der Waals surface area contributed by atoms with Crippen LogP contribution in [0.5, 0.6) is 0 Å². The van der Waals surface area contributed by atoms with E-state index in [0.29, 0.717) is 0 Å². The standard InChI is InChI=1S/C12H12F3N3O2S/c1-8(18-21(19,20)11-6-16-7-17-11)9-3-2-4-10(5-9)12(13,14)15/h2-8,18H,1H3,(H,16,17). The average Bonchev–Trinajstić information content (AvgIpc) is 2.92. The Morgan fingerprint density at radius 3 is 2.62 bits per heavy atom. The van der Waals surface area contributed by atoms with Gasteiger partial charge in [-0.05, 0) is 24.6 Å². The lowest BCUT2D eigenvalue weighted by Crippen LogP contribution is -2.27. The van der Waals surface area contributed by atoms with Crippen molar-refractivity contribution in [3.63, 3.8) is 0 Å². The van der Waals surface area contributed by atoms with Crippen molar-refractivity contribution in [1.29, 1.82) is 0 Å². The maximum atomic E-state index is 12.6. The molecule has 5 nitrogen and oxygen atoms in total. The highest BCUT2D eigenvalue weighted by Gasteiger charge is 2.31. The zero-order chi connectivity index (χ0) is 15.7. The summed E-state index contributed by atoms with van der Waals surface area (Å²) in [5, 5.41) is -0.152. The molecule has 2 aromatic rings. The number of hydrogen-bond acceptors (Lipinski definition) is 3. The van der Waals surface area contributed by atoms with Gasteiger partial charge in [0.2, 0.25) is 0 Å². The fraction of sp³-hybridized carbons (Fsp3) is 0.250. The zero-order valence-electron chi connectivity index (χ0n) is 10.8. The lowest BCUT2D eigenvalue weighted by Gasteiger charge is -2.15. The average molecular weight is 319 g/mol. The molecule has 0 bridgehead atoms. The molecular weight excluding hydrogens is 307 g/mol. The summed E-state index contributed by atoms with van der Waals surface area (Å²) in [4.78, 5) is 6.02. The smallest absolute Gasteiger partial charge is 0.335 e. The van der Waals surface area contributed by atoms with Gasteiger partial charge < -0.3 is 4.98 Å². The number of aromatic amines is 1. The topological polar surface area (TPSA) is 74.8 Å². The van der Waals surface area contributed by atoms with Gasteiger partial charge in [0, 0.05) is 6.04 Å². The molecule has 1 aromatic carbocycles. The number of halogens is 3. The zero-order valence-corrected chi connectivity index (χ0v) is 11.7. The Bertz CT molecular complexity index is 712. The van der Waals surface area contributed by atoms with Crippen LogP contribution in [0.3, 0.4) is 0 Å². The monoisotopic (exact) mass is 319 g/mol. The molecule has 2 rings (SSSR count). The molecule has 0 radical (unpaired) electrons. The number of benzene rings is 1. The molecule has 0 saturated carbocycles. The van der Waals surface area contributed by atoms with Crippen molar-refractivity contribution in [2.24, 2.45) is 0 Å². The van der Waals surface area contributed by atoms with Gasteiger partial charge in [-0.25, -0.2) is 18.1 Å². The summed E-state index contributed by atoms with van der Waals surface area (Å²) in [5.74, 6) is 0. The molecule has 0 aliphatic heterocycles. The van der Waals surface area contributed by atoms with Gasteiger partial charge in [0.25, 0.3) is 10.0 Å². The summed E-state index contributed by atoms with van der Waals surface area (Å²) in [7, 11) is -3.86. The second-order valence-electron chi connectivity index (χ2n) is 4.38. The van der Waals surface area contributed by atoms with Gasteiger partial charge in [-0.2, -0.15) is 13.2 Å². The highest BCUT2D eigenvalue weighted by molar-refractivity contribution is 7.89. The number of alkyl halides is 3. The number of rotatable bonds is 4. The van der Waals surface area contributed by atoms with E-state index in [1.54, 1.807) is 0 Å². The van der Waals surface area contributed by atoms with E-state index in [-0.39, 0.29) is 10.6 Å². The molecular formula is C12H12F3N3O2S. The maximum Gasteiger partial charge on any atom is 0.416 e. The lowest BCUT2D eigenvalue weighted by molar-refractivity contribution is -0.137. The number of hydrogen-bond donors (Lipinski definition) is 2. The molecule has 0 spiro atoms. The number of nitrogens with one attached hydrogen (secondary N) is 2. The van der Waals surface area contributed by atoms with Gasteiger partial charge in [0.15, 0.2) is 5.03 Å². The molecule has 9 heteroatoms. The number of nitrogens with zero attached hydrogens (tertiary/aromatic N) is 1. The second-order valence-corrected chi connectivity index (χ2v) is 6.06. The van der Waals surface area contributed by atoms with E-state index in [2.05, 4.69) is 14.7 Å². The van der Waals surface area contributed by atoms with Crippen LogP contribution in [0.15, 0.2) is 41.8 Å². The normalized spacial score (nSPS) is 14.1. The summed E-state index contributed by atoms with van der Waals surface area (Å²) in [6, 6.07) is 3.69. The SMILES string of the molecule is CC(NS(=O)(=O)c1cnc[nH]1)c1cccc(C(F)(F)F)c1. The van der Waals surface area contributed by atoms with Crippen molar-refractivity contribution in [3.8, 4) is 0 Å². The summed E-state index contributed by atoms with van der Waals surface area (Å²) >= 11 is 0. The molecule has 1 aromatic heterocycles. The quantitative estimate of drug-likeness (QED) is 0.909. The Morgan fingerprint density at radius 2 is 2.05 bits per heavy atom. The van der Waals surface area contributed by atoms with Crippen LogP contribution in [0.1, 0.15) is 24.1 Å². The Labute approximate surface area is 119 Å². The highest BCUT2D eigenvalue weighted by Crippen LogP contribution is 2.30. The maximum absolute atomic E-state index is 12.6. The van der Waals surface area contributed by atoms with Crippen LogP contribution in [0.25, 0.3) is 0 Å². The molecule has 1 unspecified atom stereocenters. The first-order chi connectivity index (χ1) is 9.70. The first-order valence-electron chi connectivity index (χ1n) is 5.88. The van der Waals surface area contributed by atoms with E-state index >= 15 is 0 Å². The van der Waals surface area contributed by atoms with Crippen LogP contribution in [0.4, 0.5) is 13.2 Å². The van der Waals surface area contributed by atoms with E-state index in [1.165, 1.54) is 25.4 Å². The van der Waals surface area contributed by atoms with Crippen molar-refractivity contribution in [1.82, 2.24) is 14.7 Å². The molecule has 0 amide bonds. The Hall–Kier alpha value is -1.87. The predicted molar refractivity (Wildman–Crippen MR) is 68.8 cm³/mol. The van der Waals surface area contributed by atoms with Gasteiger partial charge in [-0.15, -0.1) is 0 Å². The summed E-state index contributed by atoms with van der Waals surface area (Å²) < 4.78 is 64.1. The van der Waals surface area contributed by atoms with E-state index in [0.717, 1.165) is 18.3 Å². The molecule has 0 fully saturated rings. The van der Waals surface area contributed by atoms with Crippen LogP contribution >= 0.6 is 0 Å². The van der Waals surface area contributed by atoms with Gasteiger partial charge in [0.1, 0.15) is 0 Å². The largest absolute Gasteiger partial charge is 0.416 e. The Kier molecular flexibility index (Phi) is 4.06. The van der Waals surface area contributed by atoms with Gasteiger partial charge in [0.05, 0.1) is 18.1 Å². The van der Waals surface area contributed by atoms with Crippen molar-refractivity contribution >= 4 is 10.0 Å². The first kappa shape index (κ1) is 15.5. The fourth-order valence-electron chi connectivity index (χ4n) is 1.74. The van der Waals surface area contributed by atoms with Crippen molar-refractivity contribution < 1.29 is 21.6 Å².